The van der Waals surface area contributed by atoms with E-state index in [2.05, 4.69) is 10.6 Å². The number of benzene rings is 2. The molecule has 6 heteroatoms. The molecule has 4 N–H and O–H groups in total. The van der Waals surface area contributed by atoms with E-state index in [1.807, 2.05) is 12.1 Å². The summed E-state index contributed by atoms with van der Waals surface area (Å²) >= 11 is 0. The average Bonchev–Trinajstić information content (AvgIpc) is 2.65. The van der Waals surface area contributed by atoms with Crippen LogP contribution in [-0.2, 0) is 9.59 Å². The number of aliphatic hydroxyl groups is 2. The summed E-state index contributed by atoms with van der Waals surface area (Å²) in [6.07, 6.45) is 0. The molecule has 2 aromatic carbocycles. The van der Waals surface area contributed by atoms with Gasteiger partial charge >= 0.3 is 11.8 Å². The molecule has 0 unspecified atom stereocenters. The van der Waals surface area contributed by atoms with E-state index < -0.39 is 23.9 Å². The Morgan fingerprint density at radius 2 is 1.04 bits per heavy atom. The minimum Gasteiger partial charge on any atom is -0.394 e. The number of carbonyl (C=O) groups excluding carboxylic acids is 2. The fourth-order valence-electron chi connectivity index (χ4n) is 2.29. The summed E-state index contributed by atoms with van der Waals surface area (Å²) < 4.78 is 0. The van der Waals surface area contributed by atoms with Gasteiger partial charge in [-0.25, -0.2) is 0 Å². The van der Waals surface area contributed by atoms with Crippen molar-refractivity contribution in [1.82, 2.24) is 10.6 Å². The summed E-state index contributed by atoms with van der Waals surface area (Å²) in [5.41, 5.74) is 1.39. The van der Waals surface area contributed by atoms with Crippen molar-refractivity contribution in [3.8, 4) is 0 Å². The van der Waals surface area contributed by atoms with Crippen molar-refractivity contribution in [2.24, 2.45) is 0 Å². The molecule has 0 aliphatic heterocycles. The minimum atomic E-state index is -0.868. The van der Waals surface area contributed by atoms with Crippen molar-refractivity contribution < 1.29 is 19.8 Å². The van der Waals surface area contributed by atoms with Crippen LogP contribution in [0.15, 0.2) is 60.7 Å². The van der Waals surface area contributed by atoms with Gasteiger partial charge in [0.2, 0.25) is 0 Å². The monoisotopic (exact) mass is 328 g/mol. The van der Waals surface area contributed by atoms with Crippen LogP contribution in [0.5, 0.6) is 0 Å². The predicted molar refractivity (Wildman–Crippen MR) is 88.8 cm³/mol. The van der Waals surface area contributed by atoms with Gasteiger partial charge in [0.15, 0.2) is 0 Å². The topological polar surface area (TPSA) is 98.7 Å². The Morgan fingerprint density at radius 3 is 1.33 bits per heavy atom. The molecule has 0 heterocycles. The molecule has 2 atom stereocenters. The molecule has 0 bridgehead atoms. The number of nitrogens with one attached hydrogen (secondary N) is 2. The number of aliphatic hydroxyl groups excluding tert-OH is 2. The first-order valence-electron chi connectivity index (χ1n) is 7.58. The summed E-state index contributed by atoms with van der Waals surface area (Å²) in [6, 6.07) is 16.4. The molecule has 0 saturated heterocycles. The van der Waals surface area contributed by atoms with E-state index in [0.29, 0.717) is 11.1 Å². The molecule has 0 aliphatic carbocycles. The fourth-order valence-corrected chi connectivity index (χ4v) is 2.29. The average molecular weight is 328 g/mol. The summed E-state index contributed by atoms with van der Waals surface area (Å²) in [7, 11) is 0. The van der Waals surface area contributed by atoms with Gasteiger partial charge in [0.05, 0.1) is 25.3 Å². The van der Waals surface area contributed by atoms with Gasteiger partial charge in [-0.2, -0.15) is 0 Å². The molecule has 2 rings (SSSR count). The molecule has 126 valence electrons. The number of carbonyl (C=O) groups is 2. The molecular formula is C18H20N2O4. The highest BCUT2D eigenvalue weighted by Crippen LogP contribution is 2.13. The number of hydrogen-bond acceptors (Lipinski definition) is 4. The second-order valence-corrected chi connectivity index (χ2v) is 5.24. The summed E-state index contributed by atoms with van der Waals surface area (Å²) in [5.74, 6) is -1.74. The van der Waals surface area contributed by atoms with Gasteiger partial charge in [0, 0.05) is 0 Å². The number of amides is 2. The van der Waals surface area contributed by atoms with E-state index in [9.17, 15) is 19.8 Å². The van der Waals surface area contributed by atoms with E-state index in [1.54, 1.807) is 48.5 Å². The third-order valence-electron chi connectivity index (χ3n) is 3.59. The van der Waals surface area contributed by atoms with Crippen LogP contribution in [0.1, 0.15) is 23.2 Å². The molecule has 0 aromatic heterocycles. The second-order valence-electron chi connectivity index (χ2n) is 5.24. The van der Waals surface area contributed by atoms with Gasteiger partial charge < -0.3 is 20.8 Å². The van der Waals surface area contributed by atoms with Gasteiger partial charge in [-0.3, -0.25) is 9.59 Å². The zero-order valence-electron chi connectivity index (χ0n) is 13.1. The zero-order valence-corrected chi connectivity index (χ0v) is 13.1. The van der Waals surface area contributed by atoms with E-state index >= 15 is 0 Å². The predicted octanol–water partition coefficient (Wildman–Crippen LogP) is 0.686. The quantitative estimate of drug-likeness (QED) is 0.586. The smallest absolute Gasteiger partial charge is 0.309 e. The highest BCUT2D eigenvalue weighted by atomic mass is 16.3. The lowest BCUT2D eigenvalue weighted by Gasteiger charge is -2.19. The van der Waals surface area contributed by atoms with Crippen molar-refractivity contribution in [3.05, 3.63) is 71.8 Å². The van der Waals surface area contributed by atoms with Crippen LogP contribution < -0.4 is 10.6 Å². The maximum absolute atomic E-state index is 12.1. The van der Waals surface area contributed by atoms with Gasteiger partial charge in [0.25, 0.3) is 0 Å². The molecule has 2 aromatic rings. The van der Waals surface area contributed by atoms with Gasteiger partial charge in [-0.05, 0) is 11.1 Å². The molecule has 0 spiro atoms. The molecule has 0 fully saturated rings. The van der Waals surface area contributed by atoms with E-state index in [0.717, 1.165) is 0 Å². The van der Waals surface area contributed by atoms with Crippen LogP contribution in [0.2, 0.25) is 0 Å². The molecule has 0 aliphatic rings. The van der Waals surface area contributed by atoms with Crippen LogP contribution in [0, 0.1) is 0 Å². The Kier molecular flexibility index (Phi) is 6.48. The first-order chi connectivity index (χ1) is 11.7. The third-order valence-corrected chi connectivity index (χ3v) is 3.59. The summed E-state index contributed by atoms with van der Waals surface area (Å²) in [6.45, 7) is -0.656. The zero-order chi connectivity index (χ0) is 17.4. The van der Waals surface area contributed by atoms with Crippen molar-refractivity contribution >= 4 is 11.8 Å². The second kappa shape index (κ2) is 8.81. The van der Waals surface area contributed by atoms with Crippen molar-refractivity contribution in [2.75, 3.05) is 13.2 Å². The van der Waals surface area contributed by atoms with Crippen LogP contribution in [0.3, 0.4) is 0 Å². The Labute approximate surface area is 140 Å². The Hall–Kier alpha value is -2.70. The lowest BCUT2D eigenvalue weighted by molar-refractivity contribution is -0.140. The first kappa shape index (κ1) is 17.7. The lowest BCUT2D eigenvalue weighted by atomic mass is 10.1. The summed E-state index contributed by atoms with van der Waals surface area (Å²) in [5, 5.41) is 23.8. The molecular weight excluding hydrogens is 308 g/mol. The highest BCUT2D eigenvalue weighted by Gasteiger charge is 2.22. The molecule has 2 amide bonds. The first-order valence-corrected chi connectivity index (χ1v) is 7.58. The van der Waals surface area contributed by atoms with Gasteiger partial charge in [0.1, 0.15) is 0 Å². The molecule has 0 saturated carbocycles. The molecule has 6 nitrogen and oxygen atoms in total. The fraction of sp³-hybridized carbons (Fsp3) is 0.222. The maximum atomic E-state index is 12.1. The van der Waals surface area contributed by atoms with Crippen molar-refractivity contribution in [3.63, 3.8) is 0 Å². The highest BCUT2D eigenvalue weighted by molar-refractivity contribution is 6.35. The maximum Gasteiger partial charge on any atom is 0.309 e. The molecule has 0 radical (unpaired) electrons. The van der Waals surface area contributed by atoms with Gasteiger partial charge in [-0.1, -0.05) is 60.7 Å². The Morgan fingerprint density at radius 1 is 0.708 bits per heavy atom. The third kappa shape index (κ3) is 4.65. The number of hydrogen-bond donors (Lipinski definition) is 4. The van der Waals surface area contributed by atoms with Crippen LogP contribution in [0.25, 0.3) is 0 Å². The van der Waals surface area contributed by atoms with Crippen LogP contribution >= 0.6 is 0 Å². The minimum absolute atomic E-state index is 0.328. The largest absolute Gasteiger partial charge is 0.394 e. The van der Waals surface area contributed by atoms with Crippen LogP contribution in [0.4, 0.5) is 0 Å². The van der Waals surface area contributed by atoms with Crippen LogP contribution in [-0.4, -0.2) is 35.2 Å². The standard InChI is InChI=1S/C18H20N2O4/c21-11-15(13-7-3-1-4-8-13)19-17(23)18(24)20-16(12-22)14-9-5-2-6-10-14/h1-10,15-16,21-22H,11-12H2,(H,19,23)(H,20,24)/t15-,16+. The SMILES string of the molecule is O=C(N[C@@H](CO)c1ccccc1)C(=O)N[C@H](CO)c1ccccc1. The molecule has 24 heavy (non-hydrogen) atoms. The van der Waals surface area contributed by atoms with E-state index in [-0.39, 0.29) is 13.2 Å². The normalized spacial score (nSPS) is 12.9. The van der Waals surface area contributed by atoms with E-state index in [4.69, 9.17) is 0 Å². The van der Waals surface area contributed by atoms with Crippen molar-refractivity contribution in [2.45, 2.75) is 12.1 Å². The van der Waals surface area contributed by atoms with E-state index in [1.165, 1.54) is 0 Å². The van der Waals surface area contributed by atoms with Crippen molar-refractivity contribution in [1.29, 1.82) is 0 Å². The Balaban J connectivity index is 1.99. The van der Waals surface area contributed by atoms with Gasteiger partial charge in [-0.15, -0.1) is 0 Å². The lowest BCUT2D eigenvalue weighted by Crippen LogP contribution is -2.44. The Bertz CT molecular complexity index is 602. The number of rotatable bonds is 6. The summed E-state index contributed by atoms with van der Waals surface area (Å²) in [4.78, 5) is 24.1.